The number of carbonyl (C=O) groups is 1. The number of aromatic nitrogens is 3. The van der Waals surface area contributed by atoms with Gasteiger partial charge in [-0.1, -0.05) is 6.07 Å². The van der Waals surface area contributed by atoms with E-state index in [4.69, 9.17) is 17.0 Å². The van der Waals surface area contributed by atoms with Gasteiger partial charge in [-0.15, -0.1) is 10.2 Å². The number of ether oxygens (including phenoxy) is 1. The first-order valence-electron chi connectivity index (χ1n) is 11.4. The smallest absolute Gasteiger partial charge is 0.257 e. The first kappa shape index (κ1) is 24.2. The van der Waals surface area contributed by atoms with E-state index in [2.05, 4.69) is 51.7 Å². The van der Waals surface area contributed by atoms with Crippen molar-refractivity contribution in [2.45, 2.75) is 20.8 Å². The second kappa shape index (κ2) is 10.5. The number of hydrogen-bond donors (Lipinski definition) is 2. The monoisotopic (exact) mass is 488 g/mol. The van der Waals surface area contributed by atoms with Gasteiger partial charge in [0.1, 0.15) is 16.8 Å². The molecule has 0 bridgehead atoms. The molecule has 3 aromatic carbocycles. The lowest BCUT2D eigenvalue weighted by Crippen LogP contribution is -2.34. The summed E-state index contributed by atoms with van der Waals surface area (Å²) < 4.78 is 5.18. The lowest BCUT2D eigenvalue weighted by molar-refractivity contribution is 0.0977. The predicted molar refractivity (Wildman–Crippen MR) is 144 cm³/mol. The Kier molecular flexibility index (Phi) is 7.26. The highest BCUT2D eigenvalue weighted by Gasteiger charge is 2.13. The van der Waals surface area contributed by atoms with Crippen LogP contribution in [-0.4, -0.2) is 46.2 Å². The zero-order valence-corrected chi connectivity index (χ0v) is 21.0. The minimum atomic E-state index is -0.320. The van der Waals surface area contributed by atoms with Crippen molar-refractivity contribution in [1.29, 1.82) is 0 Å². The third kappa shape index (κ3) is 5.41. The van der Waals surface area contributed by atoms with Gasteiger partial charge in [-0.2, -0.15) is 4.80 Å². The number of benzene rings is 3. The Morgan fingerprint density at radius 1 is 1.03 bits per heavy atom. The summed E-state index contributed by atoms with van der Waals surface area (Å²) in [5, 5.41) is 15.3. The standard InChI is InChI=1S/C26H28N6O2S/c1-5-31(6-2)19-10-12-20(13-11-19)32-29-23-14-17(3)22(16-24(23)30-32)27-26(35)28-25(33)18-8-7-9-21(15-18)34-4/h7-16H,5-6H2,1-4H3,(H2,27,28,33,35). The molecule has 0 unspecified atom stereocenters. The van der Waals surface area contributed by atoms with Crippen LogP contribution in [0.3, 0.4) is 0 Å². The third-order valence-corrected chi connectivity index (χ3v) is 5.95. The van der Waals surface area contributed by atoms with Crippen molar-refractivity contribution in [2.24, 2.45) is 0 Å². The van der Waals surface area contributed by atoms with Crippen molar-refractivity contribution >= 4 is 45.6 Å². The number of aryl methyl sites for hydroxylation is 1. The number of hydrogen-bond acceptors (Lipinski definition) is 6. The number of thiocarbonyl (C=S) groups is 1. The van der Waals surface area contributed by atoms with Crippen molar-refractivity contribution < 1.29 is 9.53 Å². The van der Waals surface area contributed by atoms with Crippen LogP contribution in [0.1, 0.15) is 29.8 Å². The molecule has 8 nitrogen and oxygen atoms in total. The van der Waals surface area contributed by atoms with E-state index < -0.39 is 0 Å². The molecule has 0 saturated carbocycles. The number of methoxy groups -OCH3 is 1. The lowest BCUT2D eigenvalue weighted by atomic mass is 10.2. The molecule has 1 aromatic heterocycles. The second-order valence-corrected chi connectivity index (χ2v) is 8.38. The molecule has 0 atom stereocenters. The summed E-state index contributed by atoms with van der Waals surface area (Å²) in [6.07, 6.45) is 0. The maximum absolute atomic E-state index is 12.6. The van der Waals surface area contributed by atoms with Crippen LogP contribution in [0, 0.1) is 6.92 Å². The Balaban J connectivity index is 1.50. The van der Waals surface area contributed by atoms with Gasteiger partial charge in [-0.25, -0.2) is 0 Å². The molecule has 1 amide bonds. The Hall–Kier alpha value is -3.98. The Morgan fingerprint density at radius 3 is 2.37 bits per heavy atom. The molecule has 1 heterocycles. The number of amides is 1. The lowest BCUT2D eigenvalue weighted by Gasteiger charge is -2.20. The van der Waals surface area contributed by atoms with Gasteiger partial charge in [0.2, 0.25) is 0 Å². The predicted octanol–water partition coefficient (Wildman–Crippen LogP) is 4.71. The summed E-state index contributed by atoms with van der Waals surface area (Å²) in [6.45, 7) is 8.14. The highest BCUT2D eigenvalue weighted by atomic mass is 32.1. The molecule has 4 rings (SSSR count). The summed E-state index contributed by atoms with van der Waals surface area (Å²) in [5.74, 6) is 0.280. The van der Waals surface area contributed by atoms with Gasteiger partial charge in [-0.3, -0.25) is 10.1 Å². The average molecular weight is 489 g/mol. The van der Waals surface area contributed by atoms with Crippen LogP contribution in [0.2, 0.25) is 0 Å². The van der Waals surface area contributed by atoms with Crippen molar-refractivity contribution in [2.75, 3.05) is 30.4 Å². The number of nitrogens with zero attached hydrogens (tertiary/aromatic N) is 4. The van der Waals surface area contributed by atoms with E-state index in [1.54, 1.807) is 36.2 Å². The van der Waals surface area contributed by atoms with Crippen molar-refractivity contribution in [3.05, 3.63) is 71.8 Å². The average Bonchev–Trinajstić information content (AvgIpc) is 3.28. The molecule has 0 saturated heterocycles. The molecular formula is C26H28N6O2S. The molecule has 0 spiro atoms. The van der Waals surface area contributed by atoms with E-state index in [1.165, 1.54) is 5.69 Å². The summed E-state index contributed by atoms with van der Waals surface area (Å²) in [5.41, 5.74) is 5.67. The molecule has 0 fully saturated rings. The van der Waals surface area contributed by atoms with Gasteiger partial charge in [0.15, 0.2) is 5.11 Å². The molecule has 0 aliphatic heterocycles. The maximum atomic E-state index is 12.6. The van der Waals surface area contributed by atoms with Crippen molar-refractivity contribution in [3.63, 3.8) is 0 Å². The van der Waals surface area contributed by atoms with Crippen LogP contribution in [0.15, 0.2) is 60.7 Å². The largest absolute Gasteiger partial charge is 0.497 e. The van der Waals surface area contributed by atoms with Gasteiger partial charge in [-0.05, 0) is 93.1 Å². The highest BCUT2D eigenvalue weighted by Crippen LogP contribution is 2.23. The number of anilines is 2. The fourth-order valence-corrected chi connectivity index (χ4v) is 4.00. The van der Waals surface area contributed by atoms with E-state index >= 15 is 0 Å². The van der Waals surface area contributed by atoms with Crippen LogP contribution in [0.4, 0.5) is 11.4 Å². The maximum Gasteiger partial charge on any atom is 0.257 e. The second-order valence-electron chi connectivity index (χ2n) is 7.97. The number of rotatable bonds is 7. The zero-order chi connectivity index (χ0) is 24.9. The molecule has 2 N–H and O–H groups in total. The number of carbonyl (C=O) groups excluding carboxylic acids is 1. The van der Waals surface area contributed by atoms with Crippen molar-refractivity contribution in [3.8, 4) is 11.4 Å². The van der Waals surface area contributed by atoms with Crippen molar-refractivity contribution in [1.82, 2.24) is 20.3 Å². The van der Waals surface area contributed by atoms with E-state index in [0.717, 1.165) is 35.5 Å². The molecule has 0 aliphatic carbocycles. The summed E-state index contributed by atoms with van der Waals surface area (Å²) in [7, 11) is 1.56. The fourth-order valence-electron chi connectivity index (χ4n) is 3.80. The quantitative estimate of drug-likeness (QED) is 0.365. The summed E-state index contributed by atoms with van der Waals surface area (Å²) in [4.78, 5) is 16.5. The number of fused-ring (bicyclic) bond motifs is 1. The van der Waals surface area contributed by atoms with Crippen LogP contribution in [0.25, 0.3) is 16.7 Å². The highest BCUT2D eigenvalue weighted by molar-refractivity contribution is 7.80. The van der Waals surface area contributed by atoms with E-state index in [-0.39, 0.29) is 11.0 Å². The summed E-state index contributed by atoms with van der Waals surface area (Å²) in [6, 6.07) is 18.9. The normalized spacial score (nSPS) is 10.7. The molecular weight excluding hydrogens is 460 g/mol. The van der Waals surface area contributed by atoms with Crippen LogP contribution in [-0.2, 0) is 0 Å². The summed E-state index contributed by atoms with van der Waals surface area (Å²) >= 11 is 5.37. The van der Waals surface area contributed by atoms with Crippen LogP contribution in [0.5, 0.6) is 5.75 Å². The molecule has 9 heteroatoms. The van der Waals surface area contributed by atoms with Gasteiger partial charge in [0.05, 0.1) is 12.8 Å². The topological polar surface area (TPSA) is 84.3 Å². The molecule has 180 valence electrons. The molecule has 0 radical (unpaired) electrons. The van der Waals surface area contributed by atoms with E-state index in [9.17, 15) is 4.79 Å². The van der Waals surface area contributed by atoms with Gasteiger partial charge in [0.25, 0.3) is 5.91 Å². The van der Waals surface area contributed by atoms with E-state index in [1.807, 2.05) is 31.2 Å². The Morgan fingerprint density at radius 2 is 1.71 bits per heavy atom. The Labute approximate surface area is 209 Å². The van der Waals surface area contributed by atoms with Gasteiger partial charge < -0.3 is 15.0 Å². The Bertz CT molecular complexity index is 1360. The van der Waals surface area contributed by atoms with Gasteiger partial charge in [0, 0.05) is 30.0 Å². The molecule has 0 aliphatic rings. The SMILES string of the molecule is CCN(CC)c1ccc(-n2nc3cc(C)c(NC(=S)NC(=O)c4cccc(OC)c4)cc3n2)cc1. The molecule has 4 aromatic rings. The first-order chi connectivity index (χ1) is 16.9. The van der Waals surface area contributed by atoms with Crippen LogP contribution >= 0.6 is 12.2 Å². The fraction of sp³-hybridized carbons (Fsp3) is 0.231. The third-order valence-electron chi connectivity index (χ3n) is 5.74. The first-order valence-corrected chi connectivity index (χ1v) is 11.8. The van der Waals surface area contributed by atoms with Gasteiger partial charge >= 0.3 is 0 Å². The minimum absolute atomic E-state index is 0.194. The zero-order valence-electron chi connectivity index (χ0n) is 20.2. The van der Waals surface area contributed by atoms with Crippen LogP contribution < -0.4 is 20.3 Å². The molecule has 35 heavy (non-hydrogen) atoms. The minimum Gasteiger partial charge on any atom is -0.497 e. The van der Waals surface area contributed by atoms with E-state index in [0.29, 0.717) is 16.8 Å². The number of nitrogens with one attached hydrogen (secondary N) is 2.